The number of nitrogens with zero attached hydrogens (tertiary/aromatic N) is 3. The average molecular weight is 358 g/mol. The predicted octanol–water partition coefficient (Wildman–Crippen LogP) is 1.30. The maximum absolute atomic E-state index is 13.9. The predicted molar refractivity (Wildman–Crippen MR) is 94.6 cm³/mol. The Morgan fingerprint density at radius 2 is 2.15 bits per heavy atom. The van der Waals surface area contributed by atoms with Gasteiger partial charge >= 0.3 is 0 Å². The molecule has 1 aromatic heterocycles. The number of rotatable bonds is 7. The van der Waals surface area contributed by atoms with Gasteiger partial charge in [0, 0.05) is 56.8 Å². The number of benzene rings is 1. The fourth-order valence-electron chi connectivity index (χ4n) is 3.18. The van der Waals surface area contributed by atoms with Crippen LogP contribution in [0.3, 0.4) is 0 Å². The Morgan fingerprint density at radius 3 is 2.92 bits per heavy atom. The molecule has 1 aliphatic heterocycles. The third-order valence-corrected chi connectivity index (χ3v) is 4.61. The van der Waals surface area contributed by atoms with Gasteiger partial charge in [0.05, 0.1) is 5.69 Å². The van der Waals surface area contributed by atoms with Crippen molar-refractivity contribution in [2.24, 2.45) is 0 Å². The lowest BCUT2D eigenvalue weighted by atomic mass is 9.91. The highest BCUT2D eigenvalue weighted by molar-refractivity contribution is 5.86. The summed E-state index contributed by atoms with van der Waals surface area (Å²) in [6, 6.07) is 6.40. The van der Waals surface area contributed by atoms with Gasteiger partial charge in [-0.2, -0.15) is 0 Å². The fraction of sp³-hybridized carbons (Fsp3) is 0.421. The molecule has 1 fully saturated rings. The number of aromatic nitrogens is 2. The minimum absolute atomic E-state index is 0.167. The Hall–Kier alpha value is -2.38. The van der Waals surface area contributed by atoms with Gasteiger partial charge in [-0.25, -0.2) is 4.39 Å². The Kier molecular flexibility index (Phi) is 5.90. The van der Waals surface area contributed by atoms with Crippen molar-refractivity contribution < 1.29 is 14.3 Å². The Bertz CT molecular complexity index is 743. The third kappa shape index (κ3) is 4.42. The second kappa shape index (κ2) is 8.33. The van der Waals surface area contributed by atoms with Crippen LogP contribution >= 0.6 is 0 Å². The Morgan fingerprint density at radius 1 is 1.31 bits per heavy atom. The number of halogens is 1. The van der Waals surface area contributed by atoms with Crippen LogP contribution in [-0.4, -0.2) is 51.1 Å². The molecule has 6 nitrogen and oxygen atoms in total. The topological polar surface area (TPSA) is 78.4 Å². The molecule has 1 atom stereocenters. The van der Waals surface area contributed by atoms with Crippen LogP contribution in [0.25, 0.3) is 0 Å². The van der Waals surface area contributed by atoms with Gasteiger partial charge in [-0.05, 0) is 18.9 Å². The Labute approximate surface area is 152 Å². The molecule has 1 saturated heterocycles. The summed E-state index contributed by atoms with van der Waals surface area (Å²) >= 11 is 0. The second-order valence-corrected chi connectivity index (χ2v) is 6.58. The van der Waals surface area contributed by atoms with E-state index in [0.717, 1.165) is 5.69 Å². The van der Waals surface area contributed by atoms with Crippen LogP contribution in [0.2, 0.25) is 0 Å². The van der Waals surface area contributed by atoms with Crippen molar-refractivity contribution in [2.75, 3.05) is 19.6 Å². The van der Waals surface area contributed by atoms with Crippen LogP contribution in [0.1, 0.15) is 24.1 Å². The van der Waals surface area contributed by atoms with Crippen molar-refractivity contribution in [3.63, 3.8) is 0 Å². The van der Waals surface area contributed by atoms with E-state index in [0.29, 0.717) is 37.9 Å². The highest BCUT2D eigenvalue weighted by Crippen LogP contribution is 2.24. The largest absolute Gasteiger partial charge is 0.379 e. The molecule has 1 aliphatic rings. The summed E-state index contributed by atoms with van der Waals surface area (Å²) in [5.41, 5.74) is -0.143. The summed E-state index contributed by atoms with van der Waals surface area (Å²) in [4.78, 5) is 22.4. The number of hydrogen-bond acceptors (Lipinski definition) is 5. The first-order valence-corrected chi connectivity index (χ1v) is 8.79. The summed E-state index contributed by atoms with van der Waals surface area (Å²) in [5, 5.41) is 13.9. The number of carbonyl (C=O) groups excluding carboxylic acids is 1. The minimum atomic E-state index is -1.45. The van der Waals surface area contributed by atoms with E-state index in [1.54, 1.807) is 36.8 Å². The van der Waals surface area contributed by atoms with Crippen LogP contribution in [0.5, 0.6) is 0 Å². The summed E-state index contributed by atoms with van der Waals surface area (Å²) in [6.07, 6.45) is 6.69. The maximum atomic E-state index is 13.9. The van der Waals surface area contributed by atoms with Crippen molar-refractivity contribution in [3.05, 3.63) is 59.9 Å². The summed E-state index contributed by atoms with van der Waals surface area (Å²) in [5.74, 6) is -0.685. The molecule has 0 spiro atoms. The number of carbonyl (C=O) groups is 1. The number of amides is 1. The van der Waals surface area contributed by atoms with Crippen molar-refractivity contribution in [3.8, 4) is 0 Å². The molecule has 138 valence electrons. The van der Waals surface area contributed by atoms with Gasteiger partial charge < -0.3 is 15.3 Å². The molecule has 1 aromatic carbocycles. The zero-order valence-electron chi connectivity index (χ0n) is 14.6. The van der Waals surface area contributed by atoms with Crippen LogP contribution in [0.15, 0.2) is 42.9 Å². The lowest BCUT2D eigenvalue weighted by Crippen LogP contribution is -2.57. The Balaban J connectivity index is 1.54. The quantitative estimate of drug-likeness (QED) is 0.730. The van der Waals surface area contributed by atoms with Gasteiger partial charge in [0.1, 0.15) is 5.82 Å². The summed E-state index contributed by atoms with van der Waals surface area (Å²) in [7, 11) is 0. The molecule has 2 N–H and O–H groups in total. The first kappa shape index (κ1) is 18.4. The third-order valence-electron chi connectivity index (χ3n) is 4.61. The van der Waals surface area contributed by atoms with E-state index in [1.165, 1.54) is 11.0 Å². The van der Waals surface area contributed by atoms with Gasteiger partial charge in [0.25, 0.3) is 5.91 Å². The van der Waals surface area contributed by atoms with Crippen molar-refractivity contribution >= 4 is 5.91 Å². The molecule has 3 rings (SSSR count). The molecule has 26 heavy (non-hydrogen) atoms. The molecule has 0 unspecified atom stereocenters. The molecule has 2 heterocycles. The van der Waals surface area contributed by atoms with Gasteiger partial charge in [-0.3, -0.25) is 14.8 Å². The minimum Gasteiger partial charge on any atom is -0.379 e. The van der Waals surface area contributed by atoms with Crippen LogP contribution in [0.4, 0.5) is 4.39 Å². The van der Waals surface area contributed by atoms with Crippen LogP contribution < -0.4 is 5.32 Å². The molecule has 0 saturated carbocycles. The van der Waals surface area contributed by atoms with E-state index in [9.17, 15) is 14.3 Å². The molecule has 2 aromatic rings. The standard InChI is InChI=1S/C19H23FN4O2/c20-17-5-2-1-4-15(17)13-24-11-3-7-19(26,18(24)25)14-22-8-6-16-12-21-9-10-23-16/h1-2,4-5,9-10,12,22,26H,3,6-8,11,13-14H2/t19-/m0/s1. The van der Waals surface area contributed by atoms with Gasteiger partial charge in [-0.15, -0.1) is 0 Å². The molecule has 0 radical (unpaired) electrons. The van der Waals surface area contributed by atoms with E-state index in [-0.39, 0.29) is 24.8 Å². The number of nitrogens with one attached hydrogen (secondary N) is 1. The monoisotopic (exact) mass is 358 g/mol. The van der Waals surface area contributed by atoms with E-state index < -0.39 is 5.60 Å². The van der Waals surface area contributed by atoms with E-state index in [2.05, 4.69) is 15.3 Å². The zero-order valence-corrected chi connectivity index (χ0v) is 14.6. The molecular formula is C19H23FN4O2. The first-order valence-electron chi connectivity index (χ1n) is 8.79. The molecule has 7 heteroatoms. The van der Waals surface area contributed by atoms with Crippen molar-refractivity contribution in [1.82, 2.24) is 20.2 Å². The molecule has 0 bridgehead atoms. The van der Waals surface area contributed by atoms with Crippen LogP contribution in [0, 0.1) is 5.82 Å². The van der Waals surface area contributed by atoms with Gasteiger partial charge in [0.2, 0.25) is 0 Å². The van der Waals surface area contributed by atoms with Gasteiger partial charge in [0.15, 0.2) is 5.60 Å². The number of aliphatic hydroxyl groups is 1. The summed E-state index contributed by atoms with van der Waals surface area (Å²) < 4.78 is 13.9. The molecule has 0 aliphatic carbocycles. The SMILES string of the molecule is O=C1N(Cc2ccccc2F)CCC[C@]1(O)CNCCc1cnccn1. The second-order valence-electron chi connectivity index (χ2n) is 6.58. The van der Waals surface area contributed by atoms with E-state index in [1.807, 2.05) is 0 Å². The normalized spacial score (nSPS) is 20.4. The zero-order chi connectivity index (χ0) is 18.4. The number of hydrogen-bond donors (Lipinski definition) is 2. The highest BCUT2D eigenvalue weighted by atomic mass is 19.1. The number of likely N-dealkylation sites (tertiary alicyclic amines) is 1. The smallest absolute Gasteiger partial charge is 0.256 e. The maximum Gasteiger partial charge on any atom is 0.256 e. The van der Waals surface area contributed by atoms with Crippen molar-refractivity contribution in [2.45, 2.75) is 31.4 Å². The van der Waals surface area contributed by atoms with E-state index >= 15 is 0 Å². The molecular weight excluding hydrogens is 335 g/mol. The summed E-state index contributed by atoms with van der Waals surface area (Å²) in [6.45, 7) is 1.45. The van der Waals surface area contributed by atoms with Crippen molar-refractivity contribution in [1.29, 1.82) is 0 Å². The van der Waals surface area contributed by atoms with Crippen LogP contribution in [-0.2, 0) is 17.8 Å². The lowest BCUT2D eigenvalue weighted by molar-refractivity contribution is -0.157. The average Bonchev–Trinajstić information content (AvgIpc) is 2.65. The number of piperidine rings is 1. The van der Waals surface area contributed by atoms with Gasteiger partial charge in [-0.1, -0.05) is 18.2 Å². The first-order chi connectivity index (χ1) is 12.6. The highest BCUT2D eigenvalue weighted by Gasteiger charge is 2.41. The lowest BCUT2D eigenvalue weighted by Gasteiger charge is -2.38. The fourth-order valence-corrected chi connectivity index (χ4v) is 3.18. The molecule has 1 amide bonds. The van der Waals surface area contributed by atoms with E-state index in [4.69, 9.17) is 0 Å².